The molecule has 0 bridgehead atoms. The van der Waals surface area contributed by atoms with Crippen LogP contribution in [0.15, 0.2) is 205 Å². The number of methoxy groups -OCH3 is 3. The molecule has 10 rings (SSSR count). The fraction of sp³-hybridized carbons (Fsp3) is 0.219. The molecule has 20 nitrogen and oxygen atoms in total. The van der Waals surface area contributed by atoms with Crippen LogP contribution in [-0.2, 0) is 64.2 Å². The summed E-state index contributed by atoms with van der Waals surface area (Å²) in [5.41, 5.74) is -1.32. The van der Waals surface area contributed by atoms with Crippen molar-refractivity contribution in [2.75, 3.05) is 39.5 Å². The van der Waals surface area contributed by atoms with Crippen LogP contribution < -0.4 is 38.9 Å². The van der Waals surface area contributed by atoms with Gasteiger partial charge in [0.1, 0.15) is 61.1 Å². The molecule has 26 heteroatoms. The molecule has 1 fully saturated rings. The monoisotopic (exact) mass is 1290 g/mol. The summed E-state index contributed by atoms with van der Waals surface area (Å²) in [5.74, 6) is 0.914. The lowest BCUT2D eigenvalue weighted by atomic mass is 9.77. The van der Waals surface area contributed by atoms with Gasteiger partial charge in [0, 0.05) is 24.1 Å². The first-order valence-corrected chi connectivity index (χ1v) is 30.6. The Balaban J connectivity index is 0.00000112. The van der Waals surface area contributed by atoms with E-state index in [0.29, 0.717) is 33.7 Å². The highest BCUT2D eigenvalue weighted by Gasteiger charge is 2.68. The molecule has 90 heavy (non-hydrogen) atoms. The molecule has 8 aromatic rings. The second kappa shape index (κ2) is 28.8. The summed E-state index contributed by atoms with van der Waals surface area (Å²) in [6.07, 6.45) is 4.22. The van der Waals surface area contributed by atoms with E-state index in [1.54, 1.807) is 87.0 Å². The van der Waals surface area contributed by atoms with Crippen LogP contribution in [-0.4, -0.2) is 97.1 Å². The van der Waals surface area contributed by atoms with Crippen molar-refractivity contribution in [1.82, 2.24) is 15.2 Å². The molecular weight excluding hydrogens is 1230 g/mol. The molecule has 3 atom stereocenters. The summed E-state index contributed by atoms with van der Waals surface area (Å²) in [6, 6.07) is 52.7. The Bertz CT molecular complexity index is 3850. The summed E-state index contributed by atoms with van der Waals surface area (Å²) in [5, 5.41) is 11.3. The number of hydrogen-bond donors (Lipinski definition) is 2. The second-order valence-electron chi connectivity index (χ2n) is 19.7. The molecule has 0 saturated carbocycles. The number of β-lactam (4-membered cyclic amide) rings is 1. The molecule has 0 radical (unpaired) electrons. The highest BCUT2D eigenvalue weighted by Crippen LogP contribution is 2.50. The molecule has 1 saturated heterocycles. The summed E-state index contributed by atoms with van der Waals surface area (Å²) in [7, 11) is 0.0116. The highest BCUT2D eigenvalue weighted by atomic mass is 32.2. The second-order valence-corrected chi connectivity index (χ2v) is 23.1. The normalized spacial score (nSPS) is 15.9. The number of carbonyl (C=O) groups is 3. The Morgan fingerprint density at radius 1 is 0.733 bits per heavy atom. The van der Waals surface area contributed by atoms with Gasteiger partial charge < -0.3 is 48.4 Å². The van der Waals surface area contributed by atoms with E-state index >= 15 is 0 Å². The molecule has 2 aromatic heterocycles. The lowest BCUT2D eigenvalue weighted by Crippen LogP contribution is -2.80. The van der Waals surface area contributed by atoms with Gasteiger partial charge in [-0.2, -0.15) is 17.7 Å². The number of oxime groups is 1. The number of aromatic nitrogens is 2. The maximum atomic E-state index is 14.9. The van der Waals surface area contributed by atoms with E-state index < -0.39 is 56.3 Å². The number of esters is 1. The van der Waals surface area contributed by atoms with E-state index in [4.69, 9.17) is 56.0 Å². The quantitative estimate of drug-likeness (QED) is 0.00836. The standard InChI is InChI=1S/C63H58N6O11S2.CHF3O3S/c1-42(68-35-33-54(77-38-43-21-27-49(73-2)28-22-43)55(37-68)78-39-44-23-29-50(74-3)30-24-44)80-63-57(59(71)69(63)53(34-36-82-63)60(72)79-40-45-25-31-51(75-4)32-26-45)65-58(70)56(67-76-5)52-41-81-61(64-52)66-62(46-15-9-6-10-16-46,47-17-11-7-12-18-47)48-19-13-8-14-20-48;2-1(3,4)8(5,6)7/h6-35,37,41-42,57H,36,38-40H2,1-5H3,(H-,64,65,66,70);(H,5,6,7)/b67-56-;/t42?,57-,63?;/m1./s1. The lowest BCUT2D eigenvalue weighted by molar-refractivity contribution is -0.764. The number of halogens is 3. The van der Waals surface area contributed by atoms with Gasteiger partial charge in [-0.1, -0.05) is 144 Å². The molecule has 468 valence electrons. The predicted molar refractivity (Wildman–Crippen MR) is 326 cm³/mol. The molecule has 2 unspecified atom stereocenters. The van der Waals surface area contributed by atoms with Gasteiger partial charge >= 0.3 is 11.5 Å². The minimum Gasteiger partial charge on any atom is -0.741 e. The van der Waals surface area contributed by atoms with Crippen LogP contribution in [0.3, 0.4) is 0 Å². The lowest BCUT2D eigenvalue weighted by Gasteiger charge is -2.56. The average molecular weight is 1290 g/mol. The van der Waals surface area contributed by atoms with E-state index in [1.807, 2.05) is 103 Å². The van der Waals surface area contributed by atoms with Gasteiger partial charge in [0.15, 0.2) is 38.9 Å². The zero-order chi connectivity index (χ0) is 64.1. The van der Waals surface area contributed by atoms with Crippen molar-refractivity contribution >= 4 is 61.8 Å². The number of thiazole rings is 1. The van der Waals surface area contributed by atoms with Gasteiger partial charge in [-0.25, -0.2) is 18.2 Å². The number of hydrogen-bond acceptors (Lipinski definition) is 19. The van der Waals surface area contributed by atoms with Crippen molar-refractivity contribution in [2.45, 2.75) is 55.1 Å². The third-order valence-electron chi connectivity index (χ3n) is 14.1. The largest absolute Gasteiger partial charge is 0.741 e. The Morgan fingerprint density at radius 3 is 1.68 bits per heavy atom. The van der Waals surface area contributed by atoms with Crippen LogP contribution in [0.4, 0.5) is 18.3 Å². The number of ether oxygens (including phenoxy) is 7. The van der Waals surface area contributed by atoms with Crippen LogP contribution >= 0.6 is 23.1 Å². The van der Waals surface area contributed by atoms with E-state index in [9.17, 15) is 27.6 Å². The Hall–Kier alpha value is -9.47. The Morgan fingerprint density at radius 2 is 1.21 bits per heavy atom. The van der Waals surface area contributed by atoms with Gasteiger partial charge in [0.05, 0.1) is 21.3 Å². The molecule has 2 amide bonds. The minimum atomic E-state index is -6.09. The van der Waals surface area contributed by atoms with Crippen molar-refractivity contribution in [3.8, 4) is 28.7 Å². The first kappa shape index (κ1) is 65.0. The number of fused-ring (bicyclic) bond motifs is 1. The number of thioether (sulfide) groups is 1. The maximum Gasteiger partial charge on any atom is 0.485 e. The Labute approximate surface area is 524 Å². The fourth-order valence-electron chi connectivity index (χ4n) is 9.57. The number of pyridine rings is 1. The first-order valence-electron chi connectivity index (χ1n) is 27.4. The molecular formula is C64H59F3N6O14S3. The van der Waals surface area contributed by atoms with Crippen molar-refractivity contribution < 1.29 is 83.1 Å². The number of nitrogens with zero attached hydrogens (tertiary/aromatic N) is 4. The molecule has 4 heterocycles. The van der Waals surface area contributed by atoms with Crippen LogP contribution in [0.5, 0.6) is 28.7 Å². The molecule has 2 aliphatic rings. The van der Waals surface area contributed by atoms with Crippen molar-refractivity contribution in [3.05, 3.63) is 238 Å². The van der Waals surface area contributed by atoms with E-state index in [1.165, 1.54) is 35.1 Å². The Kier molecular flexibility index (Phi) is 20.8. The highest BCUT2D eigenvalue weighted by molar-refractivity contribution is 8.00. The van der Waals surface area contributed by atoms with E-state index in [-0.39, 0.29) is 42.7 Å². The summed E-state index contributed by atoms with van der Waals surface area (Å²) < 4.78 is 102. The van der Waals surface area contributed by atoms with Crippen molar-refractivity contribution in [3.63, 3.8) is 0 Å². The average Bonchev–Trinajstić information content (AvgIpc) is 0.741. The van der Waals surface area contributed by atoms with Crippen molar-refractivity contribution in [2.24, 2.45) is 5.16 Å². The van der Waals surface area contributed by atoms with Gasteiger partial charge in [-0.3, -0.25) is 19.2 Å². The third kappa shape index (κ3) is 14.8. The molecule has 0 aliphatic carbocycles. The SMILES string of the molecule is CO/N=C(\C(=O)N[C@@H]1C(=O)N2C(C(=O)OCc3ccc(OC)cc3)=CCSC12OC(C)[n+]1ccc(OCc2ccc(OC)cc2)c(OCc2ccc(OC)cc2)c1)c1csc(NC(c2ccccc2)(c2ccccc2)c2ccccc2)n1.O=S(=O)([O-])C(F)(F)F. The fourth-order valence-corrected chi connectivity index (χ4v) is 11.7. The van der Waals surface area contributed by atoms with Crippen LogP contribution in [0.1, 0.15) is 52.2 Å². The van der Waals surface area contributed by atoms with E-state index in [0.717, 1.165) is 33.6 Å². The number of carbonyl (C=O) groups excluding carboxylic acids is 3. The van der Waals surface area contributed by atoms with Gasteiger partial charge in [0.25, 0.3) is 18.0 Å². The summed E-state index contributed by atoms with van der Waals surface area (Å²) in [4.78, 5) is 55.3. The number of amides is 2. The number of alkyl halides is 3. The van der Waals surface area contributed by atoms with Gasteiger partial charge in [-0.05, 0) is 75.9 Å². The van der Waals surface area contributed by atoms with Crippen molar-refractivity contribution in [1.29, 1.82) is 0 Å². The number of benzene rings is 6. The van der Waals surface area contributed by atoms with Crippen LogP contribution in [0, 0.1) is 0 Å². The zero-order valence-electron chi connectivity index (χ0n) is 48.8. The zero-order valence-corrected chi connectivity index (χ0v) is 51.3. The predicted octanol–water partition coefficient (Wildman–Crippen LogP) is 10.0. The van der Waals surface area contributed by atoms with Gasteiger partial charge in [0.2, 0.25) is 17.0 Å². The van der Waals surface area contributed by atoms with Crippen LogP contribution in [0.25, 0.3) is 0 Å². The number of nitrogens with one attached hydrogen (secondary N) is 2. The first-order chi connectivity index (χ1) is 43.3. The smallest absolute Gasteiger partial charge is 0.485 e. The third-order valence-corrected chi connectivity index (χ3v) is 16.7. The van der Waals surface area contributed by atoms with E-state index in [2.05, 4.69) is 52.2 Å². The summed E-state index contributed by atoms with van der Waals surface area (Å²) >= 11 is 2.49. The van der Waals surface area contributed by atoms with Crippen LogP contribution in [0.2, 0.25) is 0 Å². The topological polar surface area (TPSA) is 239 Å². The molecule has 0 spiro atoms. The molecule has 2 aliphatic heterocycles. The molecule has 6 aromatic carbocycles. The van der Waals surface area contributed by atoms with Gasteiger partial charge in [-0.15, -0.1) is 11.3 Å². The number of rotatable bonds is 24. The maximum absolute atomic E-state index is 14.9. The summed E-state index contributed by atoms with van der Waals surface area (Å²) in [6.45, 7) is 2.10. The molecule has 2 N–H and O–H groups in total. The minimum absolute atomic E-state index is 0.0505. The number of anilines is 1.